The molecule has 0 amide bonds. The van der Waals surface area contributed by atoms with Crippen molar-refractivity contribution in [1.82, 2.24) is 9.29 Å². The van der Waals surface area contributed by atoms with Crippen LogP contribution in [0.25, 0.3) is 0 Å². The molecule has 7 heteroatoms. The molecule has 1 heterocycles. The average molecular weight is 285 g/mol. The summed E-state index contributed by atoms with van der Waals surface area (Å²) in [7, 11) is -1.99. The Morgan fingerprint density at radius 3 is 2.83 bits per heavy atom. The first-order chi connectivity index (χ1) is 8.43. The standard InChI is InChI=1S/C11H15N3O2S2/c1-14(7-8-4-5-8)18(15,16)9-3-2-6-13-10(9)11(12)17/h2-3,6,8H,4-5,7H2,1H3,(H2,12,17). The Kier molecular flexibility index (Phi) is 3.65. The Labute approximate surface area is 112 Å². The number of sulfonamides is 1. The molecular weight excluding hydrogens is 270 g/mol. The fourth-order valence-corrected chi connectivity index (χ4v) is 3.34. The zero-order valence-corrected chi connectivity index (χ0v) is 11.7. The molecule has 0 atom stereocenters. The fourth-order valence-electron chi connectivity index (χ4n) is 1.71. The van der Waals surface area contributed by atoms with Gasteiger partial charge in [0, 0.05) is 19.8 Å². The van der Waals surface area contributed by atoms with E-state index < -0.39 is 10.0 Å². The Morgan fingerprint density at radius 1 is 1.61 bits per heavy atom. The topological polar surface area (TPSA) is 76.3 Å². The molecule has 1 aromatic rings. The van der Waals surface area contributed by atoms with Gasteiger partial charge in [0.1, 0.15) is 15.6 Å². The second kappa shape index (κ2) is 4.91. The van der Waals surface area contributed by atoms with Gasteiger partial charge in [-0.15, -0.1) is 0 Å². The summed E-state index contributed by atoms with van der Waals surface area (Å²) >= 11 is 4.84. The number of hydrogen-bond donors (Lipinski definition) is 1. The molecule has 5 nitrogen and oxygen atoms in total. The SMILES string of the molecule is CN(CC1CC1)S(=O)(=O)c1cccnc1C(N)=S. The van der Waals surface area contributed by atoms with E-state index in [-0.39, 0.29) is 15.6 Å². The number of nitrogens with zero attached hydrogens (tertiary/aromatic N) is 2. The van der Waals surface area contributed by atoms with Crippen molar-refractivity contribution in [3.8, 4) is 0 Å². The van der Waals surface area contributed by atoms with Gasteiger partial charge in [0.25, 0.3) is 0 Å². The van der Waals surface area contributed by atoms with Crippen molar-refractivity contribution in [3.05, 3.63) is 24.0 Å². The van der Waals surface area contributed by atoms with Crippen LogP contribution in [0.15, 0.2) is 23.2 Å². The molecule has 0 radical (unpaired) electrons. The molecule has 0 spiro atoms. The highest BCUT2D eigenvalue weighted by molar-refractivity contribution is 7.89. The van der Waals surface area contributed by atoms with E-state index in [0.717, 1.165) is 12.8 Å². The van der Waals surface area contributed by atoms with Crippen molar-refractivity contribution in [2.45, 2.75) is 17.7 Å². The number of aromatic nitrogens is 1. The van der Waals surface area contributed by atoms with Crippen molar-refractivity contribution in [2.24, 2.45) is 11.7 Å². The Morgan fingerprint density at radius 2 is 2.28 bits per heavy atom. The van der Waals surface area contributed by atoms with Crippen LogP contribution in [0.3, 0.4) is 0 Å². The molecule has 0 unspecified atom stereocenters. The Bertz CT molecular complexity index is 567. The minimum absolute atomic E-state index is 0.00556. The lowest BCUT2D eigenvalue weighted by molar-refractivity contribution is 0.452. The predicted octanol–water partition coefficient (Wildman–Crippen LogP) is 0.746. The van der Waals surface area contributed by atoms with Gasteiger partial charge >= 0.3 is 0 Å². The number of rotatable bonds is 5. The highest BCUT2D eigenvalue weighted by Crippen LogP contribution is 2.31. The van der Waals surface area contributed by atoms with E-state index >= 15 is 0 Å². The van der Waals surface area contributed by atoms with Gasteiger partial charge in [-0.05, 0) is 30.9 Å². The molecule has 98 valence electrons. The van der Waals surface area contributed by atoms with E-state index in [1.807, 2.05) is 0 Å². The van der Waals surface area contributed by atoms with Gasteiger partial charge in [-0.25, -0.2) is 12.7 Å². The van der Waals surface area contributed by atoms with E-state index in [2.05, 4.69) is 4.98 Å². The van der Waals surface area contributed by atoms with Crippen LogP contribution in [0.2, 0.25) is 0 Å². The average Bonchev–Trinajstić information content (AvgIpc) is 3.12. The van der Waals surface area contributed by atoms with E-state index in [4.69, 9.17) is 18.0 Å². The molecule has 1 aliphatic carbocycles. The molecule has 1 aromatic heterocycles. The number of hydrogen-bond acceptors (Lipinski definition) is 4. The largest absolute Gasteiger partial charge is 0.388 e. The fraction of sp³-hybridized carbons (Fsp3) is 0.455. The van der Waals surface area contributed by atoms with Crippen molar-refractivity contribution >= 4 is 27.2 Å². The molecule has 2 N–H and O–H groups in total. The zero-order valence-electron chi connectivity index (χ0n) is 10.0. The maximum atomic E-state index is 12.4. The molecule has 2 rings (SSSR count). The summed E-state index contributed by atoms with van der Waals surface area (Å²) in [6.45, 7) is 0.536. The molecule has 1 fully saturated rings. The third kappa shape index (κ3) is 2.68. The van der Waals surface area contributed by atoms with Crippen molar-refractivity contribution in [2.75, 3.05) is 13.6 Å². The Balaban J connectivity index is 2.36. The van der Waals surface area contributed by atoms with Crippen LogP contribution in [-0.4, -0.2) is 36.3 Å². The van der Waals surface area contributed by atoms with Gasteiger partial charge < -0.3 is 5.73 Å². The van der Waals surface area contributed by atoms with Gasteiger partial charge in [0.15, 0.2) is 0 Å². The normalized spacial score (nSPS) is 15.9. The highest BCUT2D eigenvalue weighted by Gasteiger charge is 2.31. The molecule has 0 aromatic carbocycles. The van der Waals surface area contributed by atoms with Crippen molar-refractivity contribution in [3.63, 3.8) is 0 Å². The molecule has 18 heavy (non-hydrogen) atoms. The molecule has 1 saturated carbocycles. The van der Waals surface area contributed by atoms with E-state index in [1.165, 1.54) is 16.6 Å². The van der Waals surface area contributed by atoms with Crippen molar-refractivity contribution in [1.29, 1.82) is 0 Å². The van der Waals surface area contributed by atoms with E-state index in [0.29, 0.717) is 12.5 Å². The lowest BCUT2D eigenvalue weighted by Crippen LogP contribution is -2.31. The number of pyridine rings is 1. The second-order valence-electron chi connectivity index (χ2n) is 4.44. The zero-order chi connectivity index (χ0) is 13.3. The second-order valence-corrected chi connectivity index (χ2v) is 6.90. The molecule has 0 aliphatic heterocycles. The lowest BCUT2D eigenvalue weighted by atomic mass is 10.3. The van der Waals surface area contributed by atoms with E-state index in [1.54, 1.807) is 13.1 Å². The summed E-state index contributed by atoms with van der Waals surface area (Å²) < 4.78 is 26.1. The van der Waals surface area contributed by atoms with Gasteiger partial charge in [-0.1, -0.05) is 12.2 Å². The van der Waals surface area contributed by atoms with Crippen LogP contribution in [0.4, 0.5) is 0 Å². The van der Waals surface area contributed by atoms with Crippen LogP contribution in [0.1, 0.15) is 18.5 Å². The maximum absolute atomic E-state index is 12.4. The monoisotopic (exact) mass is 285 g/mol. The summed E-state index contributed by atoms with van der Waals surface area (Å²) in [5.41, 5.74) is 5.67. The highest BCUT2D eigenvalue weighted by atomic mass is 32.2. The molecule has 0 saturated heterocycles. The Hall–Kier alpha value is -1.05. The molecule has 1 aliphatic rings. The van der Waals surface area contributed by atoms with Crippen LogP contribution in [0.5, 0.6) is 0 Å². The lowest BCUT2D eigenvalue weighted by Gasteiger charge is -2.18. The molecule has 0 bridgehead atoms. The third-order valence-electron chi connectivity index (χ3n) is 2.90. The van der Waals surface area contributed by atoms with Crippen molar-refractivity contribution < 1.29 is 8.42 Å². The smallest absolute Gasteiger partial charge is 0.245 e. The number of nitrogens with two attached hydrogens (primary N) is 1. The van der Waals surface area contributed by atoms with Crippen LogP contribution < -0.4 is 5.73 Å². The summed E-state index contributed by atoms with van der Waals surface area (Å²) in [4.78, 5) is 4.03. The third-order valence-corrected chi connectivity index (χ3v) is 4.95. The van der Waals surface area contributed by atoms with Gasteiger partial charge in [0.05, 0.1) is 0 Å². The quantitative estimate of drug-likeness (QED) is 0.808. The predicted molar refractivity (Wildman–Crippen MR) is 72.7 cm³/mol. The van der Waals surface area contributed by atoms with Gasteiger partial charge in [0.2, 0.25) is 10.0 Å². The van der Waals surface area contributed by atoms with Gasteiger partial charge in [-0.2, -0.15) is 0 Å². The maximum Gasteiger partial charge on any atom is 0.245 e. The minimum Gasteiger partial charge on any atom is -0.388 e. The molecular formula is C11H15N3O2S2. The summed E-state index contributed by atoms with van der Waals surface area (Å²) in [6.07, 6.45) is 3.67. The summed E-state index contributed by atoms with van der Waals surface area (Å²) in [5, 5.41) is 0. The summed E-state index contributed by atoms with van der Waals surface area (Å²) in [5.74, 6) is 0.481. The van der Waals surface area contributed by atoms with Crippen LogP contribution >= 0.6 is 12.2 Å². The first-order valence-corrected chi connectivity index (χ1v) is 7.49. The first-order valence-electron chi connectivity index (χ1n) is 5.64. The minimum atomic E-state index is -3.57. The van der Waals surface area contributed by atoms with E-state index in [9.17, 15) is 8.42 Å². The van der Waals surface area contributed by atoms with Crippen LogP contribution in [0, 0.1) is 5.92 Å². The van der Waals surface area contributed by atoms with Crippen LogP contribution in [-0.2, 0) is 10.0 Å². The van der Waals surface area contributed by atoms with Gasteiger partial charge in [-0.3, -0.25) is 4.98 Å². The summed E-state index contributed by atoms with van der Waals surface area (Å²) in [6, 6.07) is 3.06. The first kappa shape index (κ1) is 13.4. The number of thiocarbonyl (C=S) groups is 1.